The second-order valence-electron chi connectivity index (χ2n) is 8.67. The lowest BCUT2D eigenvalue weighted by Crippen LogP contribution is -2.37. The number of rotatable bonds is 6. The van der Waals surface area contributed by atoms with Gasteiger partial charge < -0.3 is 9.88 Å². The zero-order valence-electron chi connectivity index (χ0n) is 15.5. The summed E-state index contributed by atoms with van der Waals surface area (Å²) in [6.07, 6.45) is 7.81. The molecule has 1 amide bonds. The predicted octanol–water partition coefficient (Wildman–Crippen LogP) is 4.21. The van der Waals surface area contributed by atoms with Crippen LogP contribution in [0.3, 0.4) is 0 Å². The summed E-state index contributed by atoms with van der Waals surface area (Å²) in [6.45, 7) is 2.15. The number of halogens is 2. The summed E-state index contributed by atoms with van der Waals surface area (Å²) in [7, 11) is 0. The van der Waals surface area contributed by atoms with E-state index in [1.54, 1.807) is 6.33 Å². The molecule has 2 aromatic rings. The molecule has 3 aliphatic carbocycles. The van der Waals surface area contributed by atoms with Crippen molar-refractivity contribution in [3.63, 3.8) is 0 Å². The van der Waals surface area contributed by atoms with Crippen LogP contribution in [0.15, 0.2) is 18.5 Å². The molecule has 0 bridgehead atoms. The monoisotopic (exact) mass is 373 g/mol. The Morgan fingerprint density at radius 2 is 1.96 bits per heavy atom. The second-order valence-corrected chi connectivity index (χ2v) is 8.67. The minimum atomic E-state index is -0.852. The van der Waals surface area contributed by atoms with E-state index in [0.717, 1.165) is 19.3 Å². The van der Waals surface area contributed by atoms with E-state index in [1.165, 1.54) is 25.0 Å². The zero-order chi connectivity index (χ0) is 18.7. The van der Waals surface area contributed by atoms with E-state index in [1.807, 2.05) is 4.57 Å². The van der Waals surface area contributed by atoms with Gasteiger partial charge in [0.25, 0.3) is 0 Å². The summed E-state index contributed by atoms with van der Waals surface area (Å²) in [5.74, 6) is 0.949. The number of carbonyl (C=O) groups excluding carboxylic acids is 1. The molecule has 0 saturated heterocycles. The first kappa shape index (κ1) is 17.1. The normalized spacial score (nSPS) is 30.3. The molecule has 3 saturated carbocycles. The first-order valence-electron chi connectivity index (χ1n) is 10.2. The smallest absolute Gasteiger partial charge is 0.220 e. The van der Waals surface area contributed by atoms with Crippen molar-refractivity contribution >= 4 is 16.9 Å². The molecule has 3 aliphatic rings. The molecule has 1 heterocycles. The maximum atomic E-state index is 13.7. The Kier molecular flexibility index (Phi) is 3.99. The first-order valence-corrected chi connectivity index (χ1v) is 10.2. The van der Waals surface area contributed by atoms with Crippen molar-refractivity contribution in [3.05, 3.63) is 30.1 Å². The van der Waals surface area contributed by atoms with Gasteiger partial charge in [0.15, 0.2) is 11.6 Å². The standard InChI is InChI=1S/C21H25F2N3O/c1-2-17(25-20(27)5-11-3-4-11)21-13-6-12(7-14(13)21)26-10-24-18-8-15(22)16(23)9-19(18)26/h8-14,17,21H,2-7H2,1H3,(H,25,27)/t12?,13-,14+,17-,21?/m1/s1. The van der Waals surface area contributed by atoms with Gasteiger partial charge in [-0.1, -0.05) is 6.92 Å². The van der Waals surface area contributed by atoms with E-state index in [9.17, 15) is 13.6 Å². The summed E-state index contributed by atoms with van der Waals surface area (Å²) < 4.78 is 29.1. The van der Waals surface area contributed by atoms with E-state index in [0.29, 0.717) is 41.1 Å². The Hall–Kier alpha value is -1.98. The van der Waals surface area contributed by atoms with E-state index >= 15 is 0 Å². The molecule has 1 N–H and O–H groups in total. The van der Waals surface area contributed by atoms with Gasteiger partial charge in [0.2, 0.25) is 5.91 Å². The van der Waals surface area contributed by atoms with Crippen LogP contribution in [-0.4, -0.2) is 21.5 Å². The molecular formula is C21H25F2N3O. The highest BCUT2D eigenvalue weighted by atomic mass is 19.2. The van der Waals surface area contributed by atoms with Crippen LogP contribution in [0.4, 0.5) is 8.78 Å². The number of benzene rings is 1. The fourth-order valence-electron chi connectivity index (χ4n) is 5.32. The van der Waals surface area contributed by atoms with Crippen molar-refractivity contribution in [3.8, 4) is 0 Å². The largest absolute Gasteiger partial charge is 0.353 e. The van der Waals surface area contributed by atoms with Crippen molar-refractivity contribution in [1.82, 2.24) is 14.9 Å². The lowest BCUT2D eigenvalue weighted by Gasteiger charge is -2.22. The van der Waals surface area contributed by atoms with Crippen LogP contribution in [0.5, 0.6) is 0 Å². The van der Waals surface area contributed by atoms with Gasteiger partial charge in [-0.3, -0.25) is 4.79 Å². The van der Waals surface area contributed by atoms with Crippen molar-refractivity contribution in [1.29, 1.82) is 0 Å². The van der Waals surface area contributed by atoms with Crippen molar-refractivity contribution in [2.45, 2.75) is 57.5 Å². The molecule has 5 rings (SSSR count). The third-order valence-corrected chi connectivity index (χ3v) is 6.92. The summed E-state index contributed by atoms with van der Waals surface area (Å²) in [5.41, 5.74) is 1.17. The van der Waals surface area contributed by atoms with E-state index in [-0.39, 0.29) is 18.0 Å². The van der Waals surface area contributed by atoms with Crippen molar-refractivity contribution in [2.24, 2.45) is 23.7 Å². The fourth-order valence-corrected chi connectivity index (χ4v) is 5.32. The van der Waals surface area contributed by atoms with Gasteiger partial charge in [0.1, 0.15) is 0 Å². The van der Waals surface area contributed by atoms with Gasteiger partial charge in [0.05, 0.1) is 17.4 Å². The molecule has 6 heteroatoms. The highest BCUT2D eigenvalue weighted by Crippen LogP contribution is 2.62. The topological polar surface area (TPSA) is 46.9 Å². The van der Waals surface area contributed by atoms with E-state index < -0.39 is 11.6 Å². The molecule has 27 heavy (non-hydrogen) atoms. The van der Waals surface area contributed by atoms with Gasteiger partial charge in [-0.2, -0.15) is 0 Å². The molecule has 0 spiro atoms. The maximum absolute atomic E-state index is 13.7. The van der Waals surface area contributed by atoms with Crippen LogP contribution in [-0.2, 0) is 4.79 Å². The molecular weight excluding hydrogens is 348 g/mol. The highest BCUT2D eigenvalue weighted by Gasteiger charge is 2.59. The number of hydrogen-bond donors (Lipinski definition) is 1. The van der Waals surface area contributed by atoms with Crippen molar-refractivity contribution < 1.29 is 13.6 Å². The Morgan fingerprint density at radius 1 is 1.26 bits per heavy atom. The summed E-state index contributed by atoms with van der Waals surface area (Å²) in [6, 6.07) is 2.98. The predicted molar refractivity (Wildman–Crippen MR) is 98.0 cm³/mol. The number of carbonyl (C=O) groups is 1. The number of hydrogen-bond acceptors (Lipinski definition) is 2. The van der Waals surface area contributed by atoms with Crippen LogP contribution in [0.2, 0.25) is 0 Å². The number of nitrogens with one attached hydrogen (secondary N) is 1. The summed E-state index contributed by atoms with van der Waals surface area (Å²) >= 11 is 0. The van der Waals surface area contributed by atoms with Crippen LogP contribution in [0.1, 0.15) is 51.5 Å². The van der Waals surface area contributed by atoms with Gasteiger partial charge in [-0.05, 0) is 55.8 Å². The van der Waals surface area contributed by atoms with Crippen LogP contribution < -0.4 is 5.32 Å². The number of aromatic nitrogens is 2. The second kappa shape index (κ2) is 6.28. The first-order chi connectivity index (χ1) is 13.0. The molecule has 0 aliphatic heterocycles. The van der Waals surface area contributed by atoms with Gasteiger partial charge in [0, 0.05) is 30.6 Å². The summed E-state index contributed by atoms with van der Waals surface area (Å²) in [4.78, 5) is 16.4. The number of fused-ring (bicyclic) bond motifs is 2. The maximum Gasteiger partial charge on any atom is 0.220 e. The molecule has 5 atom stereocenters. The number of imidazole rings is 1. The molecule has 144 valence electrons. The van der Waals surface area contributed by atoms with E-state index in [4.69, 9.17) is 0 Å². The lowest BCUT2D eigenvalue weighted by atomic mass is 9.99. The molecule has 0 radical (unpaired) electrons. The molecule has 2 unspecified atom stereocenters. The Balaban J connectivity index is 1.25. The molecule has 1 aromatic heterocycles. The minimum Gasteiger partial charge on any atom is -0.353 e. The van der Waals surface area contributed by atoms with Gasteiger partial charge in [-0.25, -0.2) is 13.8 Å². The van der Waals surface area contributed by atoms with E-state index in [2.05, 4.69) is 17.2 Å². The van der Waals surface area contributed by atoms with Crippen LogP contribution in [0, 0.1) is 35.3 Å². The lowest BCUT2D eigenvalue weighted by molar-refractivity contribution is -0.122. The van der Waals surface area contributed by atoms with Gasteiger partial charge in [-0.15, -0.1) is 0 Å². The average Bonchev–Trinajstić information content (AvgIpc) is 3.48. The number of nitrogens with zero attached hydrogens (tertiary/aromatic N) is 2. The average molecular weight is 373 g/mol. The van der Waals surface area contributed by atoms with Crippen molar-refractivity contribution in [2.75, 3.05) is 0 Å². The fraction of sp³-hybridized carbons (Fsp3) is 0.619. The highest BCUT2D eigenvalue weighted by molar-refractivity contribution is 5.77. The third kappa shape index (κ3) is 3.03. The number of amides is 1. The summed E-state index contributed by atoms with van der Waals surface area (Å²) in [5, 5.41) is 3.27. The van der Waals surface area contributed by atoms with Crippen LogP contribution >= 0.6 is 0 Å². The van der Waals surface area contributed by atoms with Crippen LogP contribution in [0.25, 0.3) is 11.0 Å². The molecule has 3 fully saturated rings. The third-order valence-electron chi connectivity index (χ3n) is 6.92. The minimum absolute atomic E-state index is 0.212. The zero-order valence-corrected chi connectivity index (χ0v) is 15.5. The molecule has 1 aromatic carbocycles. The Labute approximate surface area is 157 Å². The quantitative estimate of drug-likeness (QED) is 0.825. The molecule has 4 nitrogen and oxygen atoms in total. The Bertz CT molecular complexity index is 879. The van der Waals surface area contributed by atoms with Gasteiger partial charge >= 0.3 is 0 Å². The SMILES string of the molecule is CC[C@@H](NC(=O)CC1CC1)C1[C@H]2CC(n3cnc4cc(F)c(F)cc43)C[C@@H]12. The Morgan fingerprint density at radius 3 is 2.63 bits per heavy atom.